The highest BCUT2D eigenvalue weighted by Gasteiger charge is 2.25. The maximum atomic E-state index is 12.2. The zero-order chi connectivity index (χ0) is 16.3. The molecule has 0 aliphatic heterocycles. The zero-order valence-corrected chi connectivity index (χ0v) is 14.3. The van der Waals surface area contributed by atoms with Crippen molar-refractivity contribution in [1.29, 1.82) is 0 Å². The normalized spacial score (nSPS) is 13.5. The summed E-state index contributed by atoms with van der Waals surface area (Å²) in [5.41, 5.74) is 1.78. The number of amides is 1. The molecular formula is C18H17NO2S2. The lowest BCUT2D eigenvalue weighted by Crippen LogP contribution is -2.38. The minimum atomic E-state index is -1.06. The number of rotatable bonds is 5. The van der Waals surface area contributed by atoms with E-state index in [2.05, 4.69) is 16.8 Å². The van der Waals surface area contributed by atoms with E-state index in [0.29, 0.717) is 5.56 Å². The van der Waals surface area contributed by atoms with Gasteiger partial charge in [0.05, 0.1) is 6.54 Å². The van der Waals surface area contributed by atoms with Crippen molar-refractivity contribution in [2.45, 2.75) is 12.5 Å². The molecule has 1 atom stereocenters. The summed E-state index contributed by atoms with van der Waals surface area (Å²) in [6.45, 7) is 1.89. The summed E-state index contributed by atoms with van der Waals surface area (Å²) in [4.78, 5) is 13.1. The van der Waals surface area contributed by atoms with Gasteiger partial charge in [-0.2, -0.15) is 11.3 Å². The summed E-state index contributed by atoms with van der Waals surface area (Å²) in [6, 6.07) is 13.3. The number of carbonyl (C=O) groups excluding carboxylic acids is 1. The largest absolute Gasteiger partial charge is 0.383 e. The van der Waals surface area contributed by atoms with Crippen molar-refractivity contribution in [1.82, 2.24) is 5.32 Å². The van der Waals surface area contributed by atoms with Crippen molar-refractivity contribution in [3.63, 3.8) is 0 Å². The van der Waals surface area contributed by atoms with E-state index in [0.717, 1.165) is 16.0 Å². The van der Waals surface area contributed by atoms with Crippen LogP contribution in [0.15, 0.2) is 58.6 Å². The number of carbonyl (C=O) groups is 1. The summed E-state index contributed by atoms with van der Waals surface area (Å²) in [5.74, 6) is -0.182. The van der Waals surface area contributed by atoms with Gasteiger partial charge in [0.2, 0.25) is 0 Å². The van der Waals surface area contributed by atoms with Crippen molar-refractivity contribution >= 4 is 28.6 Å². The van der Waals surface area contributed by atoms with E-state index in [-0.39, 0.29) is 12.5 Å². The minimum absolute atomic E-state index is 0.179. The Balaban J connectivity index is 1.64. The lowest BCUT2D eigenvalue weighted by molar-refractivity contribution is 0.0557. The lowest BCUT2D eigenvalue weighted by atomic mass is 10.0. The molecule has 2 aromatic heterocycles. The second-order valence-electron chi connectivity index (χ2n) is 5.52. The fourth-order valence-electron chi connectivity index (χ4n) is 2.27. The Hall–Kier alpha value is -1.95. The Morgan fingerprint density at radius 1 is 1.13 bits per heavy atom. The fourth-order valence-corrected chi connectivity index (χ4v) is 3.72. The summed E-state index contributed by atoms with van der Waals surface area (Å²) >= 11 is 3.13. The molecular weight excluding hydrogens is 326 g/mol. The van der Waals surface area contributed by atoms with Crippen LogP contribution in [0.25, 0.3) is 11.1 Å². The standard InChI is InChI=1S/C18H17NO2S2/c1-18(21,16-3-2-9-23-16)12-19-17(20)14-6-4-13(5-7-14)15-8-10-22-11-15/h2-11,21H,12H2,1H3,(H,19,20). The summed E-state index contributed by atoms with van der Waals surface area (Å²) < 4.78 is 0. The van der Waals surface area contributed by atoms with E-state index >= 15 is 0 Å². The van der Waals surface area contributed by atoms with E-state index < -0.39 is 5.60 Å². The molecule has 0 aliphatic rings. The first kappa shape index (κ1) is 15.9. The molecule has 23 heavy (non-hydrogen) atoms. The van der Waals surface area contributed by atoms with Gasteiger partial charge in [0.25, 0.3) is 5.91 Å². The number of hydrogen-bond acceptors (Lipinski definition) is 4. The fraction of sp³-hybridized carbons (Fsp3) is 0.167. The van der Waals surface area contributed by atoms with E-state index in [4.69, 9.17) is 0 Å². The number of aliphatic hydroxyl groups is 1. The molecule has 118 valence electrons. The predicted octanol–water partition coefficient (Wildman–Crippen LogP) is 4.11. The third kappa shape index (κ3) is 3.69. The summed E-state index contributed by atoms with van der Waals surface area (Å²) in [7, 11) is 0. The molecule has 0 radical (unpaired) electrons. The second kappa shape index (κ2) is 6.66. The van der Waals surface area contributed by atoms with Gasteiger partial charge in [-0.25, -0.2) is 0 Å². The Morgan fingerprint density at radius 3 is 2.52 bits per heavy atom. The first-order valence-corrected chi connectivity index (χ1v) is 9.06. The van der Waals surface area contributed by atoms with Gasteiger partial charge in [-0.15, -0.1) is 11.3 Å². The molecule has 0 spiro atoms. The van der Waals surface area contributed by atoms with Gasteiger partial charge in [0, 0.05) is 10.4 Å². The molecule has 1 aromatic carbocycles. The topological polar surface area (TPSA) is 49.3 Å². The Kier molecular flexibility index (Phi) is 4.61. The van der Waals surface area contributed by atoms with Gasteiger partial charge in [-0.3, -0.25) is 4.79 Å². The molecule has 0 fully saturated rings. The highest BCUT2D eigenvalue weighted by atomic mass is 32.1. The van der Waals surface area contributed by atoms with Gasteiger partial charge in [-0.1, -0.05) is 18.2 Å². The monoisotopic (exact) mass is 343 g/mol. The van der Waals surface area contributed by atoms with Gasteiger partial charge < -0.3 is 10.4 Å². The van der Waals surface area contributed by atoms with E-state index in [1.807, 2.05) is 47.2 Å². The Labute approximate surface area is 143 Å². The highest BCUT2D eigenvalue weighted by Crippen LogP contribution is 2.25. The minimum Gasteiger partial charge on any atom is -0.383 e. The van der Waals surface area contributed by atoms with Crippen LogP contribution in [0.1, 0.15) is 22.2 Å². The van der Waals surface area contributed by atoms with Crippen molar-refractivity contribution in [3.05, 3.63) is 69.0 Å². The zero-order valence-electron chi connectivity index (χ0n) is 12.7. The van der Waals surface area contributed by atoms with Crippen LogP contribution in [0.2, 0.25) is 0 Å². The van der Waals surface area contributed by atoms with E-state index in [1.165, 1.54) is 11.3 Å². The van der Waals surface area contributed by atoms with Crippen molar-refractivity contribution < 1.29 is 9.90 Å². The third-order valence-electron chi connectivity index (χ3n) is 3.65. The maximum Gasteiger partial charge on any atom is 0.251 e. The second-order valence-corrected chi connectivity index (χ2v) is 7.25. The smallest absolute Gasteiger partial charge is 0.251 e. The molecule has 1 amide bonds. The van der Waals surface area contributed by atoms with Crippen molar-refractivity contribution in [2.75, 3.05) is 6.54 Å². The molecule has 0 saturated heterocycles. The number of benzene rings is 1. The number of thiophene rings is 2. The van der Waals surface area contributed by atoms with E-state index in [1.54, 1.807) is 18.3 Å². The predicted molar refractivity (Wildman–Crippen MR) is 96.0 cm³/mol. The highest BCUT2D eigenvalue weighted by molar-refractivity contribution is 7.10. The molecule has 0 bridgehead atoms. The maximum absolute atomic E-state index is 12.2. The first-order chi connectivity index (χ1) is 11.1. The molecule has 3 rings (SSSR count). The summed E-state index contributed by atoms with van der Waals surface area (Å²) in [5, 5.41) is 19.3. The van der Waals surface area contributed by atoms with Crippen LogP contribution >= 0.6 is 22.7 Å². The number of hydrogen-bond donors (Lipinski definition) is 2. The van der Waals surface area contributed by atoms with Gasteiger partial charge in [0.1, 0.15) is 5.60 Å². The van der Waals surface area contributed by atoms with Crippen LogP contribution in [-0.2, 0) is 5.60 Å². The van der Waals surface area contributed by atoms with Crippen LogP contribution < -0.4 is 5.32 Å². The number of nitrogens with one attached hydrogen (secondary N) is 1. The van der Waals surface area contributed by atoms with Crippen LogP contribution in [-0.4, -0.2) is 17.6 Å². The third-order valence-corrected chi connectivity index (χ3v) is 5.45. The van der Waals surface area contributed by atoms with Crippen molar-refractivity contribution in [2.24, 2.45) is 0 Å². The van der Waals surface area contributed by atoms with Crippen LogP contribution in [0, 0.1) is 0 Å². The van der Waals surface area contributed by atoms with E-state index in [9.17, 15) is 9.90 Å². The average molecular weight is 343 g/mol. The van der Waals surface area contributed by atoms with Crippen LogP contribution in [0.4, 0.5) is 0 Å². The molecule has 2 heterocycles. The van der Waals surface area contributed by atoms with Crippen LogP contribution in [0.5, 0.6) is 0 Å². The van der Waals surface area contributed by atoms with Gasteiger partial charge in [0.15, 0.2) is 0 Å². The van der Waals surface area contributed by atoms with Gasteiger partial charge >= 0.3 is 0 Å². The molecule has 5 heteroatoms. The lowest BCUT2D eigenvalue weighted by Gasteiger charge is -2.22. The SMILES string of the molecule is CC(O)(CNC(=O)c1ccc(-c2ccsc2)cc1)c1cccs1. The molecule has 3 aromatic rings. The average Bonchev–Trinajstić information content (AvgIpc) is 3.26. The first-order valence-electron chi connectivity index (χ1n) is 7.23. The van der Waals surface area contributed by atoms with Crippen LogP contribution in [0.3, 0.4) is 0 Å². The Bertz CT molecular complexity index is 760. The van der Waals surface area contributed by atoms with Gasteiger partial charge in [-0.05, 0) is 58.5 Å². The molecule has 3 nitrogen and oxygen atoms in total. The molecule has 1 unspecified atom stereocenters. The Morgan fingerprint density at radius 2 is 1.91 bits per heavy atom. The molecule has 0 aliphatic carbocycles. The quantitative estimate of drug-likeness (QED) is 0.732. The van der Waals surface area contributed by atoms with Crippen molar-refractivity contribution in [3.8, 4) is 11.1 Å². The summed E-state index contributed by atoms with van der Waals surface area (Å²) in [6.07, 6.45) is 0. The molecule has 2 N–H and O–H groups in total. The molecule has 0 saturated carbocycles.